The van der Waals surface area contributed by atoms with Gasteiger partial charge in [0.25, 0.3) is 0 Å². The van der Waals surface area contributed by atoms with Gasteiger partial charge in [0.05, 0.1) is 6.04 Å². The first-order valence-corrected chi connectivity index (χ1v) is 10.2. The second-order valence-electron chi connectivity index (χ2n) is 6.01. The van der Waals surface area contributed by atoms with Crippen molar-refractivity contribution in [3.8, 4) is 0 Å². The minimum Gasteiger partial charge on any atom is -0.380 e. The van der Waals surface area contributed by atoms with Gasteiger partial charge in [-0.25, -0.2) is 13.1 Å². The Balaban J connectivity index is 2.02. The molecule has 5 N–H and O–H groups in total. The van der Waals surface area contributed by atoms with Crippen LogP contribution in [0.5, 0.6) is 0 Å². The predicted molar refractivity (Wildman–Crippen MR) is 98.0 cm³/mol. The number of rotatable bonds is 8. The highest BCUT2D eigenvalue weighted by molar-refractivity contribution is 7.91. The van der Waals surface area contributed by atoms with Gasteiger partial charge in [-0.05, 0) is 36.1 Å². The summed E-state index contributed by atoms with van der Waals surface area (Å²) in [6.45, 7) is 0.769. The van der Waals surface area contributed by atoms with Gasteiger partial charge in [0.1, 0.15) is 4.21 Å². The lowest BCUT2D eigenvalue weighted by atomic mass is 9.95. The summed E-state index contributed by atoms with van der Waals surface area (Å²) in [6.07, 6.45) is -4.80. The maximum absolute atomic E-state index is 12.9. The molecular formula is C16H20F3N3O3S2. The van der Waals surface area contributed by atoms with Crippen molar-refractivity contribution in [1.29, 1.82) is 0 Å². The van der Waals surface area contributed by atoms with E-state index in [0.717, 1.165) is 23.5 Å². The molecule has 2 atom stereocenters. The van der Waals surface area contributed by atoms with Crippen LogP contribution < -0.4 is 15.8 Å². The highest BCUT2D eigenvalue weighted by Crippen LogP contribution is 2.38. The van der Waals surface area contributed by atoms with E-state index in [9.17, 15) is 26.7 Å². The molecule has 1 unspecified atom stereocenters. The number of anilines is 1. The van der Waals surface area contributed by atoms with Gasteiger partial charge >= 0.3 is 6.18 Å². The lowest BCUT2D eigenvalue weighted by molar-refractivity contribution is -0.258. The number of thiophene rings is 1. The Kier molecular flexibility index (Phi) is 6.53. The summed E-state index contributed by atoms with van der Waals surface area (Å²) in [7, 11) is -3.64. The fourth-order valence-electron chi connectivity index (χ4n) is 2.18. The highest BCUT2D eigenvalue weighted by Gasteiger charge is 2.51. The summed E-state index contributed by atoms with van der Waals surface area (Å²) in [5.41, 5.74) is 2.82. The number of aliphatic hydroxyl groups is 1. The number of alkyl halides is 3. The number of benzene rings is 1. The first-order valence-electron chi connectivity index (χ1n) is 7.87. The van der Waals surface area contributed by atoms with Crippen molar-refractivity contribution in [2.45, 2.75) is 29.0 Å². The summed E-state index contributed by atoms with van der Waals surface area (Å²) >= 11 is 1.08. The Morgan fingerprint density at radius 2 is 1.85 bits per heavy atom. The standard InChI is InChI=1S/C16H20F3N3O3S2/c1-15(23,16(17,18)19)11-4-6-12(7-5-11)22-13(9-20)10-21-27(24,25)14-3-2-8-26-14/h2-8,13,21-23H,9-10,20H2,1H3/t13-,15?/m0/s1. The topological polar surface area (TPSA) is 104 Å². The van der Waals surface area contributed by atoms with Crippen LogP contribution in [-0.2, 0) is 15.6 Å². The van der Waals surface area contributed by atoms with Crippen LogP contribution in [0.4, 0.5) is 18.9 Å². The van der Waals surface area contributed by atoms with Crippen molar-refractivity contribution >= 4 is 27.0 Å². The van der Waals surface area contributed by atoms with Crippen LogP contribution in [0.25, 0.3) is 0 Å². The number of nitrogens with one attached hydrogen (secondary N) is 2. The summed E-state index contributed by atoms with van der Waals surface area (Å²) in [4.78, 5) is 0. The third-order valence-electron chi connectivity index (χ3n) is 3.93. The lowest BCUT2D eigenvalue weighted by Gasteiger charge is -2.27. The molecule has 0 aliphatic carbocycles. The molecule has 0 aliphatic heterocycles. The van der Waals surface area contributed by atoms with Crippen LogP contribution >= 0.6 is 11.3 Å². The molecule has 0 spiro atoms. The van der Waals surface area contributed by atoms with E-state index in [0.29, 0.717) is 12.6 Å². The molecule has 6 nitrogen and oxygen atoms in total. The number of sulfonamides is 1. The molecule has 1 heterocycles. The Morgan fingerprint density at radius 3 is 2.33 bits per heavy atom. The number of hydrogen-bond donors (Lipinski definition) is 4. The van der Waals surface area contributed by atoms with E-state index in [1.54, 1.807) is 11.4 Å². The van der Waals surface area contributed by atoms with E-state index in [-0.39, 0.29) is 22.9 Å². The van der Waals surface area contributed by atoms with E-state index in [4.69, 9.17) is 5.73 Å². The van der Waals surface area contributed by atoms with Crippen LogP contribution in [0.2, 0.25) is 0 Å². The summed E-state index contributed by atoms with van der Waals surface area (Å²) in [5.74, 6) is 0. The number of hydrogen-bond acceptors (Lipinski definition) is 6. The first-order chi connectivity index (χ1) is 12.5. The zero-order chi connectivity index (χ0) is 20.3. The van der Waals surface area contributed by atoms with Gasteiger partial charge in [0.2, 0.25) is 10.0 Å². The van der Waals surface area contributed by atoms with Gasteiger partial charge in [0, 0.05) is 18.8 Å². The third kappa shape index (κ3) is 5.20. The Bertz CT molecular complexity index is 836. The molecular weight excluding hydrogens is 403 g/mol. The average Bonchev–Trinajstić information content (AvgIpc) is 3.13. The molecule has 2 rings (SSSR count). The molecule has 27 heavy (non-hydrogen) atoms. The van der Waals surface area contributed by atoms with E-state index in [2.05, 4.69) is 10.0 Å². The normalized spacial score (nSPS) is 15.9. The minimum atomic E-state index is -4.80. The minimum absolute atomic E-state index is 0.00124. The number of halogens is 3. The van der Waals surface area contributed by atoms with Crippen LogP contribution in [0.1, 0.15) is 12.5 Å². The van der Waals surface area contributed by atoms with Crippen molar-refractivity contribution in [2.75, 3.05) is 18.4 Å². The Hall–Kier alpha value is -1.66. The van der Waals surface area contributed by atoms with Gasteiger partial charge in [0.15, 0.2) is 5.60 Å². The second-order valence-corrected chi connectivity index (χ2v) is 8.95. The molecule has 150 valence electrons. The van der Waals surface area contributed by atoms with Crippen molar-refractivity contribution in [1.82, 2.24) is 4.72 Å². The fourth-order valence-corrected chi connectivity index (χ4v) is 4.30. The molecule has 0 radical (unpaired) electrons. The van der Waals surface area contributed by atoms with Gasteiger partial charge in [-0.2, -0.15) is 13.2 Å². The van der Waals surface area contributed by atoms with E-state index in [1.165, 1.54) is 18.2 Å². The Morgan fingerprint density at radius 1 is 1.22 bits per heavy atom. The summed E-state index contributed by atoms with van der Waals surface area (Å²) < 4.78 is 65.4. The monoisotopic (exact) mass is 423 g/mol. The Labute approximate surface area is 159 Å². The molecule has 1 aromatic heterocycles. The maximum Gasteiger partial charge on any atom is 0.421 e. The molecule has 11 heteroatoms. The first kappa shape index (κ1) is 21.6. The maximum atomic E-state index is 12.9. The van der Waals surface area contributed by atoms with Gasteiger partial charge in [-0.15, -0.1) is 11.3 Å². The van der Waals surface area contributed by atoms with Gasteiger partial charge in [-0.1, -0.05) is 18.2 Å². The van der Waals surface area contributed by atoms with E-state index < -0.39 is 27.8 Å². The van der Waals surface area contributed by atoms with Gasteiger partial charge in [-0.3, -0.25) is 0 Å². The third-order valence-corrected chi connectivity index (χ3v) is 6.76. The summed E-state index contributed by atoms with van der Waals surface area (Å²) in [5, 5.41) is 14.3. The molecule has 2 aromatic rings. The summed E-state index contributed by atoms with van der Waals surface area (Å²) in [6, 6.07) is 7.66. The molecule has 0 bridgehead atoms. The largest absolute Gasteiger partial charge is 0.421 e. The SMILES string of the molecule is CC(O)(c1ccc(N[C@@H](CN)CNS(=O)(=O)c2cccs2)cc1)C(F)(F)F. The molecule has 0 saturated heterocycles. The van der Waals surface area contributed by atoms with Crippen molar-refractivity contribution in [3.63, 3.8) is 0 Å². The second kappa shape index (κ2) is 8.15. The van der Waals surface area contributed by atoms with E-state index >= 15 is 0 Å². The van der Waals surface area contributed by atoms with Crippen molar-refractivity contribution in [2.24, 2.45) is 5.73 Å². The van der Waals surface area contributed by atoms with Crippen molar-refractivity contribution < 1.29 is 26.7 Å². The molecule has 0 amide bonds. The fraction of sp³-hybridized carbons (Fsp3) is 0.375. The van der Waals surface area contributed by atoms with Crippen LogP contribution in [0, 0.1) is 0 Å². The quantitative estimate of drug-likeness (QED) is 0.521. The van der Waals surface area contributed by atoms with Gasteiger partial charge < -0.3 is 16.2 Å². The smallest absolute Gasteiger partial charge is 0.380 e. The zero-order valence-electron chi connectivity index (χ0n) is 14.3. The molecule has 0 aliphatic rings. The number of nitrogens with two attached hydrogens (primary N) is 1. The molecule has 0 saturated carbocycles. The lowest BCUT2D eigenvalue weighted by Crippen LogP contribution is -2.41. The van der Waals surface area contributed by atoms with Crippen LogP contribution in [0.15, 0.2) is 46.0 Å². The highest BCUT2D eigenvalue weighted by atomic mass is 32.2. The van der Waals surface area contributed by atoms with E-state index in [1.807, 2.05) is 0 Å². The predicted octanol–water partition coefficient (Wildman–Crippen LogP) is 2.24. The molecule has 1 aromatic carbocycles. The van der Waals surface area contributed by atoms with Crippen LogP contribution in [-0.4, -0.2) is 38.8 Å². The van der Waals surface area contributed by atoms with Crippen LogP contribution in [0.3, 0.4) is 0 Å². The molecule has 0 fully saturated rings. The zero-order valence-corrected chi connectivity index (χ0v) is 16.0. The average molecular weight is 423 g/mol. The van der Waals surface area contributed by atoms with Crippen molar-refractivity contribution in [3.05, 3.63) is 47.3 Å².